The fourth-order valence-electron chi connectivity index (χ4n) is 3.07. The van der Waals surface area contributed by atoms with Gasteiger partial charge in [0.15, 0.2) is 18.1 Å². The summed E-state index contributed by atoms with van der Waals surface area (Å²) in [5.41, 5.74) is 5.38. The molecule has 2 aliphatic heterocycles. The third kappa shape index (κ3) is 4.32. The van der Waals surface area contributed by atoms with Crippen LogP contribution in [0.15, 0.2) is 42.5 Å². The van der Waals surface area contributed by atoms with Gasteiger partial charge in [-0.25, -0.2) is 10.3 Å². The molecule has 3 amide bonds. The van der Waals surface area contributed by atoms with Crippen LogP contribution in [0.1, 0.15) is 6.42 Å². The van der Waals surface area contributed by atoms with E-state index in [9.17, 15) is 14.4 Å². The van der Waals surface area contributed by atoms with Crippen LogP contribution in [0, 0.1) is 0 Å². The van der Waals surface area contributed by atoms with Gasteiger partial charge < -0.3 is 14.2 Å². The molecule has 10 heteroatoms. The first-order valence-corrected chi connectivity index (χ1v) is 9.58. The normalized spacial score (nSPS) is 17.8. The van der Waals surface area contributed by atoms with Crippen LogP contribution in [-0.2, 0) is 14.4 Å². The molecule has 0 unspecified atom stereocenters. The maximum Gasteiger partial charge on any atom is 0.272 e. The van der Waals surface area contributed by atoms with Crippen molar-refractivity contribution < 1.29 is 28.6 Å². The van der Waals surface area contributed by atoms with Crippen molar-refractivity contribution in [1.82, 2.24) is 10.9 Å². The number of fused-ring (bicyclic) bond motifs is 1. The smallest absolute Gasteiger partial charge is 0.272 e. The number of nitrogens with one attached hydrogen (secondary N) is 2. The Hall–Kier alpha value is -3.30. The van der Waals surface area contributed by atoms with Crippen molar-refractivity contribution in [3.63, 3.8) is 0 Å². The lowest BCUT2D eigenvalue weighted by Crippen LogP contribution is -2.49. The summed E-state index contributed by atoms with van der Waals surface area (Å²) in [7, 11) is 0. The standard InChI is InChI=1S/C20H18ClN3O6/c21-12-1-4-14(5-2-12)30-11-18(25)23-22-15-10-19(26)24(20(15)27)13-3-6-16-17(9-13)29-8-7-28-16/h1-6,9,15,22H,7-8,10-11H2,(H,23,25)/t15-/m1/s1. The molecule has 1 saturated heterocycles. The Morgan fingerprint density at radius 1 is 1.10 bits per heavy atom. The first-order valence-electron chi connectivity index (χ1n) is 9.20. The van der Waals surface area contributed by atoms with Gasteiger partial charge in [-0.05, 0) is 36.4 Å². The number of benzene rings is 2. The van der Waals surface area contributed by atoms with Gasteiger partial charge in [0.25, 0.3) is 11.8 Å². The van der Waals surface area contributed by atoms with Crippen LogP contribution in [0.3, 0.4) is 0 Å². The molecule has 0 aromatic heterocycles. The number of anilines is 1. The van der Waals surface area contributed by atoms with Gasteiger partial charge >= 0.3 is 0 Å². The molecule has 1 fully saturated rings. The van der Waals surface area contributed by atoms with Gasteiger partial charge in [-0.2, -0.15) is 0 Å². The van der Waals surface area contributed by atoms with Gasteiger partial charge in [-0.1, -0.05) is 11.6 Å². The number of ether oxygens (including phenoxy) is 3. The molecule has 4 rings (SSSR count). The van der Waals surface area contributed by atoms with E-state index in [1.807, 2.05) is 0 Å². The van der Waals surface area contributed by atoms with Gasteiger partial charge in [0, 0.05) is 11.1 Å². The number of hydrogen-bond donors (Lipinski definition) is 2. The molecule has 0 spiro atoms. The molecule has 2 heterocycles. The second kappa shape index (κ2) is 8.60. The third-order valence-corrected chi connectivity index (χ3v) is 4.75. The minimum Gasteiger partial charge on any atom is -0.486 e. The van der Waals surface area contributed by atoms with Crippen LogP contribution in [0.2, 0.25) is 5.02 Å². The predicted octanol–water partition coefficient (Wildman–Crippen LogP) is 1.44. The van der Waals surface area contributed by atoms with Crippen LogP contribution in [0.4, 0.5) is 5.69 Å². The number of halogens is 1. The zero-order valence-electron chi connectivity index (χ0n) is 15.7. The number of nitrogens with zero attached hydrogens (tertiary/aromatic N) is 1. The first-order chi connectivity index (χ1) is 14.5. The van der Waals surface area contributed by atoms with Gasteiger partial charge in [0.2, 0.25) is 5.91 Å². The number of hydrogen-bond acceptors (Lipinski definition) is 7. The Bertz CT molecular complexity index is 981. The Labute approximate surface area is 176 Å². The van der Waals surface area contributed by atoms with Crippen molar-refractivity contribution >= 4 is 35.0 Å². The van der Waals surface area contributed by atoms with Crippen molar-refractivity contribution in [2.45, 2.75) is 12.5 Å². The van der Waals surface area contributed by atoms with E-state index in [4.69, 9.17) is 25.8 Å². The van der Waals surface area contributed by atoms with E-state index in [1.54, 1.807) is 42.5 Å². The molecule has 2 aromatic rings. The summed E-state index contributed by atoms with van der Waals surface area (Å²) in [6, 6.07) is 10.5. The summed E-state index contributed by atoms with van der Waals surface area (Å²) in [4.78, 5) is 38.1. The number of carbonyl (C=O) groups excluding carboxylic acids is 3. The second-order valence-corrected chi connectivity index (χ2v) is 7.02. The van der Waals surface area contributed by atoms with Crippen molar-refractivity contribution in [2.75, 3.05) is 24.7 Å². The van der Waals surface area contributed by atoms with E-state index in [0.29, 0.717) is 41.2 Å². The Morgan fingerprint density at radius 2 is 1.83 bits per heavy atom. The highest BCUT2D eigenvalue weighted by Crippen LogP contribution is 2.35. The highest BCUT2D eigenvalue weighted by molar-refractivity contribution is 6.30. The van der Waals surface area contributed by atoms with E-state index in [0.717, 1.165) is 4.90 Å². The summed E-state index contributed by atoms with van der Waals surface area (Å²) < 4.78 is 16.3. The predicted molar refractivity (Wildman–Crippen MR) is 107 cm³/mol. The van der Waals surface area contributed by atoms with Crippen LogP contribution >= 0.6 is 11.6 Å². The average molecular weight is 432 g/mol. The van der Waals surface area contributed by atoms with Gasteiger partial charge in [-0.3, -0.25) is 19.8 Å². The molecule has 1 atom stereocenters. The minimum atomic E-state index is -0.884. The van der Waals surface area contributed by atoms with Crippen molar-refractivity contribution in [1.29, 1.82) is 0 Å². The van der Waals surface area contributed by atoms with Gasteiger partial charge in [0.05, 0.1) is 12.1 Å². The maximum atomic E-state index is 12.7. The molecular weight excluding hydrogens is 414 g/mol. The Morgan fingerprint density at radius 3 is 2.60 bits per heavy atom. The van der Waals surface area contributed by atoms with E-state index in [2.05, 4.69) is 10.9 Å². The zero-order valence-corrected chi connectivity index (χ0v) is 16.5. The molecule has 156 valence electrons. The average Bonchev–Trinajstić information content (AvgIpc) is 3.04. The molecular formula is C20H18ClN3O6. The molecule has 0 aliphatic carbocycles. The van der Waals surface area contributed by atoms with Crippen molar-refractivity contribution in [3.05, 3.63) is 47.5 Å². The van der Waals surface area contributed by atoms with Gasteiger partial charge in [-0.15, -0.1) is 0 Å². The van der Waals surface area contributed by atoms with Gasteiger partial charge in [0.1, 0.15) is 25.0 Å². The number of carbonyl (C=O) groups is 3. The zero-order chi connectivity index (χ0) is 21.1. The lowest BCUT2D eigenvalue weighted by atomic mass is 10.2. The van der Waals surface area contributed by atoms with Crippen LogP contribution in [0.5, 0.6) is 17.2 Å². The number of hydrazine groups is 1. The first kappa shape index (κ1) is 20.0. The molecule has 0 radical (unpaired) electrons. The van der Waals surface area contributed by atoms with Crippen LogP contribution < -0.4 is 30.0 Å². The summed E-state index contributed by atoms with van der Waals surface area (Å²) in [6.07, 6.45) is -0.0917. The minimum absolute atomic E-state index is 0.0917. The quantitative estimate of drug-likeness (QED) is 0.526. The fraction of sp³-hybridized carbons (Fsp3) is 0.250. The molecule has 30 heavy (non-hydrogen) atoms. The summed E-state index contributed by atoms with van der Waals surface area (Å²) in [5, 5.41) is 0.556. The largest absolute Gasteiger partial charge is 0.486 e. The number of imide groups is 1. The lowest BCUT2D eigenvalue weighted by Gasteiger charge is -2.21. The maximum absolute atomic E-state index is 12.7. The van der Waals surface area contributed by atoms with Crippen LogP contribution in [0.25, 0.3) is 0 Å². The number of amides is 3. The van der Waals surface area contributed by atoms with Crippen molar-refractivity contribution in [2.24, 2.45) is 0 Å². The van der Waals surface area contributed by atoms with E-state index in [-0.39, 0.29) is 18.9 Å². The topological polar surface area (TPSA) is 106 Å². The fourth-order valence-corrected chi connectivity index (χ4v) is 3.20. The second-order valence-electron chi connectivity index (χ2n) is 6.59. The SMILES string of the molecule is O=C(COc1ccc(Cl)cc1)NN[C@@H]1CC(=O)N(c2ccc3c(c2)OCCO3)C1=O. The Balaban J connectivity index is 1.32. The monoisotopic (exact) mass is 431 g/mol. The third-order valence-electron chi connectivity index (χ3n) is 4.50. The van der Waals surface area contributed by atoms with E-state index in [1.165, 1.54) is 0 Å². The van der Waals surface area contributed by atoms with E-state index < -0.39 is 17.9 Å². The molecule has 2 N–H and O–H groups in total. The summed E-state index contributed by atoms with van der Waals surface area (Å²) >= 11 is 5.79. The Kier molecular flexibility index (Phi) is 5.73. The summed E-state index contributed by atoms with van der Waals surface area (Å²) in [6.45, 7) is 0.573. The molecule has 9 nitrogen and oxygen atoms in total. The molecule has 2 aromatic carbocycles. The molecule has 0 bridgehead atoms. The van der Waals surface area contributed by atoms with Crippen molar-refractivity contribution in [3.8, 4) is 17.2 Å². The molecule has 0 saturated carbocycles. The number of rotatable bonds is 6. The molecule has 2 aliphatic rings. The van der Waals surface area contributed by atoms with Crippen LogP contribution in [-0.4, -0.2) is 43.6 Å². The van der Waals surface area contributed by atoms with E-state index >= 15 is 0 Å². The highest BCUT2D eigenvalue weighted by Gasteiger charge is 2.40. The summed E-state index contributed by atoms with van der Waals surface area (Å²) in [5.74, 6) is 0.154. The lowest BCUT2D eigenvalue weighted by molar-refractivity contribution is -0.125. The highest BCUT2D eigenvalue weighted by atomic mass is 35.5.